The van der Waals surface area contributed by atoms with E-state index in [1.54, 1.807) is 7.05 Å². The van der Waals surface area contributed by atoms with Crippen LogP contribution in [0.25, 0.3) is 0 Å². The van der Waals surface area contributed by atoms with Gasteiger partial charge in [0.1, 0.15) is 16.5 Å². The molecule has 0 saturated carbocycles. The fraction of sp³-hybridized carbons (Fsp3) is 0.381. The standard InChI is InChI=1S/C21H24FN5O6S/c1-12(34(32)33)20(30)26(3)11-15-18-24-16(17(28)21(31)27(18)9-8-25(15)2)19(29)23-10-13-4-6-14(22)7-5-13/h4-7,15,28H,8-11H2,1-3H3,(H,23,29). The van der Waals surface area contributed by atoms with Gasteiger partial charge in [0.15, 0.2) is 5.69 Å². The van der Waals surface area contributed by atoms with Crippen molar-refractivity contribution < 1.29 is 27.5 Å². The quantitative estimate of drug-likeness (QED) is 0.515. The van der Waals surface area contributed by atoms with Crippen LogP contribution in [0.1, 0.15) is 34.8 Å². The molecule has 0 fully saturated rings. The number of aromatic nitrogens is 2. The van der Waals surface area contributed by atoms with E-state index in [1.807, 2.05) is 4.90 Å². The van der Waals surface area contributed by atoms with Gasteiger partial charge in [0.05, 0.1) is 6.04 Å². The minimum absolute atomic E-state index is 0.0146. The maximum Gasteiger partial charge on any atom is 0.296 e. The molecular weight excluding hydrogens is 469 g/mol. The topological polar surface area (TPSA) is 142 Å². The van der Waals surface area contributed by atoms with Crippen LogP contribution in [-0.2, 0) is 28.2 Å². The van der Waals surface area contributed by atoms with Gasteiger partial charge < -0.3 is 15.3 Å². The Hall–Kier alpha value is -3.58. The van der Waals surface area contributed by atoms with Crippen LogP contribution in [0.4, 0.5) is 4.39 Å². The van der Waals surface area contributed by atoms with Gasteiger partial charge in [0.25, 0.3) is 17.4 Å². The van der Waals surface area contributed by atoms with Crippen LogP contribution in [0.15, 0.2) is 29.1 Å². The van der Waals surface area contributed by atoms with Crippen molar-refractivity contribution in [3.63, 3.8) is 0 Å². The predicted molar refractivity (Wildman–Crippen MR) is 120 cm³/mol. The Bertz CT molecular complexity index is 1310. The molecule has 182 valence electrons. The maximum atomic E-state index is 13.1. The molecule has 13 heteroatoms. The van der Waals surface area contributed by atoms with Crippen LogP contribution >= 0.6 is 0 Å². The van der Waals surface area contributed by atoms with E-state index in [0.717, 1.165) is 0 Å². The SMILES string of the molecule is CC(C(=O)N(C)CC1c2nc(C(=O)NCc3ccc(F)cc3)c(O)c(=O)n2CCN1C)=S(=O)=O. The number of rotatable bonds is 6. The van der Waals surface area contributed by atoms with Crippen molar-refractivity contribution in [2.24, 2.45) is 0 Å². The molecule has 0 radical (unpaired) electrons. The summed E-state index contributed by atoms with van der Waals surface area (Å²) < 4.78 is 36.6. The van der Waals surface area contributed by atoms with Gasteiger partial charge in [-0.3, -0.25) is 23.9 Å². The molecule has 3 rings (SSSR count). The van der Waals surface area contributed by atoms with Crippen LogP contribution < -0.4 is 10.9 Å². The zero-order chi connectivity index (χ0) is 25.2. The second-order valence-electron chi connectivity index (χ2n) is 7.91. The summed E-state index contributed by atoms with van der Waals surface area (Å²) in [6.07, 6.45) is 0. The van der Waals surface area contributed by atoms with E-state index in [9.17, 15) is 32.3 Å². The molecular formula is C21H24FN5O6S. The lowest BCUT2D eigenvalue weighted by Crippen LogP contribution is -2.47. The molecule has 1 atom stereocenters. The first-order valence-corrected chi connectivity index (χ1v) is 11.3. The number of nitrogens with one attached hydrogen (secondary N) is 1. The highest BCUT2D eigenvalue weighted by Crippen LogP contribution is 2.24. The largest absolute Gasteiger partial charge is 0.501 e. The van der Waals surface area contributed by atoms with Crippen molar-refractivity contribution in [3.05, 3.63) is 57.5 Å². The Kier molecular flexibility index (Phi) is 7.47. The third-order valence-electron chi connectivity index (χ3n) is 5.61. The molecule has 0 spiro atoms. The average molecular weight is 494 g/mol. The summed E-state index contributed by atoms with van der Waals surface area (Å²) in [4.78, 5) is 44.8. The highest BCUT2D eigenvalue weighted by atomic mass is 32.2. The molecule has 2 heterocycles. The van der Waals surface area contributed by atoms with E-state index in [4.69, 9.17) is 0 Å². The number of fused-ring (bicyclic) bond motifs is 1. The van der Waals surface area contributed by atoms with Crippen LogP contribution in [-0.4, -0.2) is 76.7 Å². The molecule has 2 N–H and O–H groups in total. The molecule has 1 aromatic heterocycles. The molecule has 2 aromatic rings. The lowest BCUT2D eigenvalue weighted by Gasteiger charge is -2.36. The first-order valence-electron chi connectivity index (χ1n) is 10.3. The normalized spacial score (nSPS) is 15.4. The Morgan fingerprint density at radius 1 is 1.26 bits per heavy atom. The molecule has 0 aliphatic carbocycles. The van der Waals surface area contributed by atoms with Gasteiger partial charge in [0, 0.05) is 33.2 Å². The molecule has 11 nitrogen and oxygen atoms in total. The van der Waals surface area contributed by atoms with Crippen molar-refractivity contribution >= 4 is 27.0 Å². The van der Waals surface area contributed by atoms with E-state index in [0.29, 0.717) is 12.1 Å². The Balaban J connectivity index is 1.91. The monoisotopic (exact) mass is 493 g/mol. The van der Waals surface area contributed by atoms with Gasteiger partial charge in [-0.05, 0) is 31.7 Å². The van der Waals surface area contributed by atoms with Gasteiger partial charge in [-0.25, -0.2) is 9.37 Å². The summed E-state index contributed by atoms with van der Waals surface area (Å²) in [7, 11) is 0.482. The fourth-order valence-corrected chi connectivity index (χ4v) is 3.87. The average Bonchev–Trinajstić information content (AvgIpc) is 2.81. The number of hydrogen-bond acceptors (Lipinski definition) is 8. The van der Waals surface area contributed by atoms with Gasteiger partial charge in [0.2, 0.25) is 16.0 Å². The molecule has 0 saturated heterocycles. The van der Waals surface area contributed by atoms with Gasteiger partial charge >= 0.3 is 0 Å². The number of carbonyl (C=O) groups is 2. The minimum Gasteiger partial charge on any atom is -0.501 e. The zero-order valence-corrected chi connectivity index (χ0v) is 19.6. The van der Waals surface area contributed by atoms with Crippen LogP contribution in [0.3, 0.4) is 0 Å². The van der Waals surface area contributed by atoms with Crippen LogP contribution in [0, 0.1) is 5.82 Å². The highest BCUT2D eigenvalue weighted by molar-refractivity contribution is 7.74. The smallest absolute Gasteiger partial charge is 0.296 e. The number of amides is 2. The van der Waals surface area contributed by atoms with E-state index >= 15 is 0 Å². The van der Waals surface area contributed by atoms with E-state index in [1.165, 1.54) is 47.7 Å². The van der Waals surface area contributed by atoms with Gasteiger partial charge in [-0.1, -0.05) is 12.1 Å². The number of nitrogens with zero attached hydrogens (tertiary/aromatic N) is 4. The molecule has 1 unspecified atom stereocenters. The second kappa shape index (κ2) is 10.1. The van der Waals surface area contributed by atoms with Crippen LogP contribution in [0.5, 0.6) is 5.75 Å². The summed E-state index contributed by atoms with van der Waals surface area (Å²) in [6, 6.07) is 4.80. The molecule has 0 bridgehead atoms. The number of likely N-dealkylation sites (N-methyl/N-ethyl adjacent to an activating group) is 2. The summed E-state index contributed by atoms with van der Waals surface area (Å²) >= 11 is 0. The van der Waals surface area contributed by atoms with Crippen molar-refractivity contribution in [3.8, 4) is 5.75 Å². The first kappa shape index (κ1) is 25.1. The Morgan fingerprint density at radius 2 is 1.91 bits per heavy atom. The molecule has 2 amide bonds. The highest BCUT2D eigenvalue weighted by Gasteiger charge is 2.33. The summed E-state index contributed by atoms with van der Waals surface area (Å²) in [5.74, 6) is -2.59. The first-order chi connectivity index (χ1) is 16.0. The Morgan fingerprint density at radius 3 is 2.53 bits per heavy atom. The molecule has 1 aliphatic rings. The van der Waals surface area contributed by atoms with Crippen LogP contribution in [0.2, 0.25) is 0 Å². The Labute approximate surface area is 196 Å². The van der Waals surface area contributed by atoms with Crippen molar-refractivity contribution in [2.75, 3.05) is 27.2 Å². The van der Waals surface area contributed by atoms with Crippen molar-refractivity contribution in [2.45, 2.75) is 26.1 Å². The molecule has 1 aliphatic heterocycles. The summed E-state index contributed by atoms with van der Waals surface area (Å²) in [5, 5.41) is 12.9. The van der Waals surface area contributed by atoms with E-state index in [2.05, 4.69) is 10.3 Å². The lowest BCUT2D eigenvalue weighted by atomic mass is 10.1. The molecule has 34 heavy (non-hydrogen) atoms. The third-order valence-corrected chi connectivity index (χ3v) is 6.28. The summed E-state index contributed by atoms with van der Waals surface area (Å²) in [5.41, 5.74) is -0.674. The minimum atomic E-state index is -2.67. The number of benzene rings is 1. The fourth-order valence-electron chi connectivity index (χ4n) is 3.57. The second-order valence-corrected chi connectivity index (χ2v) is 8.99. The number of aromatic hydroxyl groups is 1. The third kappa shape index (κ3) is 5.15. The van der Waals surface area contributed by atoms with Crippen molar-refractivity contribution in [1.82, 2.24) is 24.7 Å². The number of hydrogen-bond donors (Lipinski definition) is 2. The summed E-state index contributed by atoms with van der Waals surface area (Å²) in [6.45, 7) is 1.78. The number of carbonyl (C=O) groups excluding carboxylic acids is 2. The van der Waals surface area contributed by atoms with E-state index < -0.39 is 51.0 Å². The lowest BCUT2D eigenvalue weighted by molar-refractivity contribution is -0.123. The van der Waals surface area contributed by atoms with Gasteiger partial charge in [-0.15, -0.1) is 0 Å². The van der Waals surface area contributed by atoms with E-state index in [-0.39, 0.29) is 30.3 Å². The number of halogens is 1. The van der Waals surface area contributed by atoms with Gasteiger partial charge in [-0.2, -0.15) is 8.42 Å². The molecule has 1 aromatic carbocycles. The predicted octanol–water partition coefficient (Wildman–Crippen LogP) is -0.466. The zero-order valence-electron chi connectivity index (χ0n) is 18.8. The maximum absolute atomic E-state index is 13.1. The van der Waals surface area contributed by atoms with Crippen molar-refractivity contribution in [1.29, 1.82) is 0 Å².